The maximum Gasteiger partial charge on any atom is 0.309 e. The van der Waals surface area contributed by atoms with Crippen LogP contribution in [0.3, 0.4) is 0 Å². The Kier molecular flexibility index (Phi) is 4.83. The number of esters is 2. The summed E-state index contributed by atoms with van der Waals surface area (Å²) in [5.41, 5.74) is -2.01. The van der Waals surface area contributed by atoms with Gasteiger partial charge in [0.1, 0.15) is 6.10 Å². The predicted octanol–water partition coefficient (Wildman–Crippen LogP) is 2.97. The summed E-state index contributed by atoms with van der Waals surface area (Å²) in [6, 6.07) is 0. The first-order valence-electron chi connectivity index (χ1n) is 11.8. The van der Waals surface area contributed by atoms with Gasteiger partial charge in [-0.25, -0.2) is 0 Å². The minimum Gasteiger partial charge on any atom is -0.469 e. The zero-order valence-corrected chi connectivity index (χ0v) is 19.1. The molecule has 0 aromatic carbocycles. The van der Waals surface area contributed by atoms with Crippen molar-refractivity contribution in [1.82, 2.24) is 0 Å². The summed E-state index contributed by atoms with van der Waals surface area (Å²) in [6.45, 7) is 3.67. The molecule has 4 aliphatic carbocycles. The first kappa shape index (κ1) is 21.7. The summed E-state index contributed by atoms with van der Waals surface area (Å²) in [4.78, 5) is 24.2. The van der Waals surface area contributed by atoms with Crippen molar-refractivity contribution in [2.24, 2.45) is 28.6 Å². The van der Waals surface area contributed by atoms with E-state index in [1.165, 1.54) is 14.0 Å². The normalized spacial score (nSPS) is 52.6. The van der Waals surface area contributed by atoms with Crippen LogP contribution in [-0.2, 0) is 28.5 Å². The Hall–Kier alpha value is -1.18. The molecule has 5 rings (SSSR count). The largest absolute Gasteiger partial charge is 0.469 e. The van der Waals surface area contributed by atoms with Crippen LogP contribution in [0.2, 0.25) is 0 Å². The maximum atomic E-state index is 12.6. The fourth-order valence-electron chi connectivity index (χ4n) is 9.06. The van der Waals surface area contributed by atoms with E-state index in [0.717, 1.165) is 38.5 Å². The quantitative estimate of drug-likeness (QED) is 0.680. The van der Waals surface area contributed by atoms with Crippen LogP contribution >= 0.6 is 0 Å². The molecule has 9 atom stereocenters. The van der Waals surface area contributed by atoms with Crippen LogP contribution in [0.4, 0.5) is 0 Å². The maximum absolute atomic E-state index is 12.6. The number of hydrogen-bond acceptors (Lipinski definition) is 7. The summed E-state index contributed by atoms with van der Waals surface area (Å²) < 4.78 is 23.5. The fourth-order valence-corrected chi connectivity index (χ4v) is 9.06. The lowest BCUT2D eigenvalue weighted by Gasteiger charge is -2.63. The zero-order chi connectivity index (χ0) is 22.2. The lowest BCUT2D eigenvalue weighted by Crippen LogP contribution is -2.67. The molecule has 7 heteroatoms. The van der Waals surface area contributed by atoms with Crippen LogP contribution in [0.25, 0.3) is 0 Å². The Bertz CT molecular complexity index is 784. The topological polar surface area (TPSA) is 91.3 Å². The van der Waals surface area contributed by atoms with Crippen molar-refractivity contribution in [2.45, 2.75) is 95.2 Å². The molecule has 1 heterocycles. The van der Waals surface area contributed by atoms with E-state index in [-0.39, 0.29) is 46.8 Å². The lowest BCUT2D eigenvalue weighted by molar-refractivity contribution is -0.241. The van der Waals surface area contributed by atoms with E-state index in [0.29, 0.717) is 19.3 Å². The van der Waals surface area contributed by atoms with Crippen LogP contribution in [0.1, 0.15) is 71.6 Å². The molecule has 0 aromatic rings. The van der Waals surface area contributed by atoms with E-state index < -0.39 is 17.3 Å². The molecule has 0 unspecified atom stereocenters. The molecule has 0 aromatic heterocycles. The zero-order valence-electron chi connectivity index (χ0n) is 19.1. The molecular formula is C24H36O7. The van der Waals surface area contributed by atoms with Crippen molar-refractivity contribution in [2.75, 3.05) is 14.2 Å². The molecule has 31 heavy (non-hydrogen) atoms. The molecule has 0 amide bonds. The van der Waals surface area contributed by atoms with Crippen LogP contribution in [0.15, 0.2) is 0 Å². The van der Waals surface area contributed by atoms with Gasteiger partial charge in [-0.05, 0) is 62.7 Å². The Balaban J connectivity index is 1.53. The highest BCUT2D eigenvalue weighted by molar-refractivity contribution is 5.74. The van der Waals surface area contributed by atoms with Gasteiger partial charge in [0.25, 0.3) is 0 Å². The average molecular weight is 437 g/mol. The smallest absolute Gasteiger partial charge is 0.309 e. The van der Waals surface area contributed by atoms with Crippen molar-refractivity contribution >= 4 is 11.9 Å². The van der Waals surface area contributed by atoms with Crippen LogP contribution < -0.4 is 0 Å². The van der Waals surface area contributed by atoms with Gasteiger partial charge in [0.2, 0.25) is 0 Å². The molecule has 4 saturated carbocycles. The van der Waals surface area contributed by atoms with Gasteiger partial charge >= 0.3 is 11.9 Å². The second-order valence-corrected chi connectivity index (χ2v) is 11.0. The number of rotatable bonds is 3. The van der Waals surface area contributed by atoms with Gasteiger partial charge in [-0.15, -0.1) is 0 Å². The molecule has 1 saturated heterocycles. The number of aliphatic hydroxyl groups is 1. The van der Waals surface area contributed by atoms with E-state index in [1.807, 2.05) is 0 Å². The van der Waals surface area contributed by atoms with Gasteiger partial charge in [-0.1, -0.05) is 6.92 Å². The van der Waals surface area contributed by atoms with Gasteiger partial charge in [0.05, 0.1) is 29.6 Å². The molecule has 0 radical (unpaired) electrons. The Morgan fingerprint density at radius 3 is 2.45 bits per heavy atom. The molecule has 5 aliphatic rings. The van der Waals surface area contributed by atoms with E-state index >= 15 is 0 Å². The third-order valence-corrected chi connectivity index (χ3v) is 10.1. The summed E-state index contributed by atoms with van der Waals surface area (Å²) >= 11 is 0. The van der Waals surface area contributed by atoms with Crippen molar-refractivity contribution in [3.8, 4) is 0 Å². The van der Waals surface area contributed by atoms with Gasteiger partial charge in [-0.3, -0.25) is 9.59 Å². The Morgan fingerprint density at radius 2 is 1.77 bits per heavy atom. The Labute approximate surface area is 184 Å². The number of fused-ring (bicyclic) bond motifs is 1. The van der Waals surface area contributed by atoms with E-state index in [2.05, 4.69) is 6.92 Å². The minimum atomic E-state index is -0.981. The number of hydrogen-bond donors (Lipinski definition) is 1. The summed E-state index contributed by atoms with van der Waals surface area (Å²) in [5.74, 6) is -0.0782. The fraction of sp³-hybridized carbons (Fsp3) is 0.917. The molecular weight excluding hydrogens is 400 g/mol. The molecule has 7 nitrogen and oxygen atoms in total. The Morgan fingerprint density at radius 1 is 1.00 bits per heavy atom. The van der Waals surface area contributed by atoms with Gasteiger partial charge in [0, 0.05) is 26.4 Å². The second-order valence-electron chi connectivity index (χ2n) is 11.0. The molecule has 174 valence electrons. The van der Waals surface area contributed by atoms with Gasteiger partial charge in [0.15, 0.2) is 6.29 Å². The van der Waals surface area contributed by atoms with E-state index in [1.54, 1.807) is 7.11 Å². The van der Waals surface area contributed by atoms with Crippen LogP contribution in [-0.4, -0.2) is 54.9 Å². The number of ether oxygens (including phenoxy) is 4. The van der Waals surface area contributed by atoms with Crippen molar-refractivity contribution in [1.29, 1.82) is 0 Å². The summed E-state index contributed by atoms with van der Waals surface area (Å²) in [5, 5.41) is 12.0. The molecule has 1 aliphatic heterocycles. The highest BCUT2D eigenvalue weighted by Gasteiger charge is 2.79. The average Bonchev–Trinajstić information content (AvgIpc) is 3.19. The van der Waals surface area contributed by atoms with E-state index in [9.17, 15) is 14.7 Å². The van der Waals surface area contributed by atoms with E-state index in [4.69, 9.17) is 18.9 Å². The minimum absolute atomic E-state index is 0.0977. The summed E-state index contributed by atoms with van der Waals surface area (Å²) in [7, 11) is 3.15. The van der Waals surface area contributed by atoms with Gasteiger partial charge in [-0.2, -0.15) is 0 Å². The molecule has 1 spiro atoms. The highest BCUT2D eigenvalue weighted by atomic mass is 16.7. The predicted molar refractivity (Wildman–Crippen MR) is 110 cm³/mol. The standard InChI is InChI=1S/C24H36O7/c1-14(25)30-15-7-10-23-18-8-9-21(2)16(19(26)28-3)5-6-17(21)24(18,31-20(23)29-4)12-11-22(23,27)13-15/h15-18,20,27H,5-13H2,1-4H3/t15-,16-,17-,18-,20+,21-,22+,23-,24-/m0/s1. The van der Waals surface area contributed by atoms with Crippen molar-refractivity contribution in [3.63, 3.8) is 0 Å². The van der Waals surface area contributed by atoms with Crippen LogP contribution in [0.5, 0.6) is 0 Å². The second kappa shape index (κ2) is 6.91. The lowest BCUT2D eigenvalue weighted by atomic mass is 9.42. The molecule has 5 fully saturated rings. The number of methoxy groups -OCH3 is 2. The molecule has 2 bridgehead atoms. The van der Waals surface area contributed by atoms with Gasteiger partial charge < -0.3 is 24.1 Å². The molecule has 1 N–H and O–H groups in total. The van der Waals surface area contributed by atoms with Crippen molar-refractivity contribution in [3.05, 3.63) is 0 Å². The third-order valence-electron chi connectivity index (χ3n) is 10.1. The number of carbonyl (C=O) groups is 2. The summed E-state index contributed by atoms with van der Waals surface area (Å²) in [6.07, 6.45) is 6.08. The number of carbonyl (C=O) groups excluding carboxylic acids is 2. The highest BCUT2D eigenvalue weighted by Crippen LogP contribution is 2.75. The first-order chi connectivity index (χ1) is 14.7. The van der Waals surface area contributed by atoms with Crippen molar-refractivity contribution < 1.29 is 33.6 Å². The van der Waals surface area contributed by atoms with Crippen LogP contribution in [0, 0.1) is 28.6 Å². The first-order valence-corrected chi connectivity index (χ1v) is 11.8. The SMILES string of the molecule is COC(=O)[C@@H]1CC[C@H]2[C@@]1(C)CC[C@@H]1[C@]23CC[C@@]2(O)C[C@@H](OC(C)=O)CC[C@@]12[C@H](OC)O3. The third kappa shape index (κ3) is 2.57. The monoisotopic (exact) mass is 436 g/mol.